The van der Waals surface area contributed by atoms with E-state index in [1.807, 2.05) is 18.2 Å². The van der Waals surface area contributed by atoms with E-state index >= 15 is 0 Å². The first kappa shape index (κ1) is 8.57. The second kappa shape index (κ2) is 3.38. The third-order valence-electron chi connectivity index (χ3n) is 1.72. The fourth-order valence-electron chi connectivity index (χ4n) is 0.929. The Balaban J connectivity index is 2.15. The molecule has 1 nitrogen and oxygen atoms in total. The molecule has 0 bridgehead atoms. The second-order valence-corrected chi connectivity index (χ2v) is 4.60. The zero-order valence-electron chi connectivity index (χ0n) is 6.39. The number of halogens is 2. The highest BCUT2D eigenvalue weighted by atomic mass is 79.9. The Morgan fingerprint density at radius 1 is 1.17 bits per heavy atom. The molecule has 1 aromatic carbocycles. The number of rotatable bonds is 2. The van der Waals surface area contributed by atoms with E-state index in [-0.39, 0.29) is 0 Å². The summed E-state index contributed by atoms with van der Waals surface area (Å²) in [5.74, 6) is 0.951. The Morgan fingerprint density at radius 3 is 2.50 bits per heavy atom. The van der Waals surface area contributed by atoms with Crippen molar-refractivity contribution in [1.82, 2.24) is 0 Å². The van der Waals surface area contributed by atoms with Crippen molar-refractivity contribution in [2.24, 2.45) is 0 Å². The highest BCUT2D eigenvalue weighted by molar-refractivity contribution is 9.13. The summed E-state index contributed by atoms with van der Waals surface area (Å²) in [4.78, 5) is 0. The molecule has 0 heterocycles. The van der Waals surface area contributed by atoms with Gasteiger partial charge < -0.3 is 4.74 Å². The highest BCUT2D eigenvalue weighted by Crippen LogP contribution is 2.31. The average Bonchev–Trinajstić information content (AvgIpc) is 2.81. The molecule has 12 heavy (non-hydrogen) atoms. The molecule has 0 atom stereocenters. The standard InChI is InChI=1S/C9H8Br2O/c10-8-4-3-7(5-9(8)11)12-6-1-2-6/h3-6H,1-2H2. The van der Waals surface area contributed by atoms with Crippen LogP contribution < -0.4 is 4.74 Å². The zero-order chi connectivity index (χ0) is 8.55. The van der Waals surface area contributed by atoms with Crippen LogP contribution in [0.4, 0.5) is 0 Å². The minimum atomic E-state index is 0.470. The van der Waals surface area contributed by atoms with Crippen LogP contribution in [-0.4, -0.2) is 6.10 Å². The van der Waals surface area contributed by atoms with Gasteiger partial charge in [-0.1, -0.05) is 0 Å². The molecular formula is C9H8Br2O. The van der Waals surface area contributed by atoms with Crippen LogP contribution in [0, 0.1) is 0 Å². The van der Waals surface area contributed by atoms with Crippen LogP contribution in [0.5, 0.6) is 5.75 Å². The summed E-state index contributed by atoms with van der Waals surface area (Å²) in [6.07, 6.45) is 2.87. The Hall–Kier alpha value is -0.0200. The van der Waals surface area contributed by atoms with Gasteiger partial charge in [-0.25, -0.2) is 0 Å². The lowest BCUT2D eigenvalue weighted by Gasteiger charge is -2.04. The van der Waals surface area contributed by atoms with Crippen LogP contribution in [0.25, 0.3) is 0 Å². The Morgan fingerprint density at radius 2 is 1.92 bits per heavy atom. The lowest BCUT2D eigenvalue weighted by Crippen LogP contribution is -1.95. The first-order chi connectivity index (χ1) is 5.75. The van der Waals surface area contributed by atoms with Gasteiger partial charge in [0.15, 0.2) is 0 Å². The van der Waals surface area contributed by atoms with Crippen molar-refractivity contribution in [2.75, 3.05) is 0 Å². The van der Waals surface area contributed by atoms with Gasteiger partial charge in [0.2, 0.25) is 0 Å². The third-order valence-corrected chi connectivity index (χ3v) is 3.60. The van der Waals surface area contributed by atoms with Crippen LogP contribution >= 0.6 is 31.9 Å². The van der Waals surface area contributed by atoms with Gasteiger partial charge in [-0.15, -0.1) is 0 Å². The van der Waals surface area contributed by atoms with Crippen LogP contribution in [0.2, 0.25) is 0 Å². The molecule has 1 aliphatic rings. The fourth-order valence-corrected chi connectivity index (χ4v) is 1.53. The van der Waals surface area contributed by atoms with E-state index in [2.05, 4.69) is 31.9 Å². The van der Waals surface area contributed by atoms with Gasteiger partial charge in [0.25, 0.3) is 0 Å². The van der Waals surface area contributed by atoms with Gasteiger partial charge in [0.1, 0.15) is 5.75 Å². The molecule has 1 saturated carbocycles. The molecule has 1 aliphatic carbocycles. The molecular weight excluding hydrogens is 284 g/mol. The highest BCUT2D eigenvalue weighted by Gasteiger charge is 2.23. The molecule has 0 radical (unpaired) electrons. The van der Waals surface area contributed by atoms with Crippen LogP contribution in [0.15, 0.2) is 27.1 Å². The van der Waals surface area contributed by atoms with Gasteiger partial charge in [-0.05, 0) is 62.9 Å². The van der Waals surface area contributed by atoms with E-state index in [1.165, 1.54) is 12.8 Å². The van der Waals surface area contributed by atoms with Crippen molar-refractivity contribution < 1.29 is 4.74 Å². The van der Waals surface area contributed by atoms with Crippen molar-refractivity contribution in [3.05, 3.63) is 27.1 Å². The Bertz CT molecular complexity index is 295. The van der Waals surface area contributed by atoms with Crippen LogP contribution in [-0.2, 0) is 0 Å². The van der Waals surface area contributed by atoms with Gasteiger partial charge >= 0.3 is 0 Å². The van der Waals surface area contributed by atoms with E-state index in [9.17, 15) is 0 Å². The van der Waals surface area contributed by atoms with Crippen molar-refractivity contribution in [3.8, 4) is 5.75 Å². The van der Waals surface area contributed by atoms with Gasteiger partial charge in [-0.2, -0.15) is 0 Å². The predicted molar refractivity (Wildman–Crippen MR) is 55.5 cm³/mol. The molecule has 0 spiro atoms. The first-order valence-electron chi connectivity index (χ1n) is 3.87. The summed E-state index contributed by atoms with van der Waals surface area (Å²) >= 11 is 6.84. The minimum Gasteiger partial charge on any atom is -0.490 e. The number of hydrogen-bond donors (Lipinski definition) is 0. The maximum Gasteiger partial charge on any atom is 0.120 e. The molecule has 3 heteroatoms. The molecule has 64 valence electrons. The molecule has 2 rings (SSSR count). The number of hydrogen-bond acceptors (Lipinski definition) is 1. The fraction of sp³-hybridized carbons (Fsp3) is 0.333. The molecule has 0 aliphatic heterocycles. The molecule has 0 unspecified atom stereocenters. The van der Waals surface area contributed by atoms with Gasteiger partial charge in [0.05, 0.1) is 6.10 Å². The summed E-state index contributed by atoms with van der Waals surface area (Å²) in [6, 6.07) is 5.96. The van der Waals surface area contributed by atoms with E-state index in [0.29, 0.717) is 6.10 Å². The summed E-state index contributed by atoms with van der Waals surface area (Å²) < 4.78 is 7.71. The SMILES string of the molecule is Brc1ccc(OC2CC2)cc1Br. The maximum absolute atomic E-state index is 5.61. The lowest BCUT2D eigenvalue weighted by atomic mass is 10.3. The molecule has 0 N–H and O–H groups in total. The van der Waals surface area contributed by atoms with E-state index in [1.54, 1.807) is 0 Å². The summed E-state index contributed by atoms with van der Waals surface area (Å²) in [5.41, 5.74) is 0. The van der Waals surface area contributed by atoms with Crippen molar-refractivity contribution >= 4 is 31.9 Å². The van der Waals surface area contributed by atoms with Crippen LogP contribution in [0.3, 0.4) is 0 Å². The van der Waals surface area contributed by atoms with E-state index in [4.69, 9.17) is 4.74 Å². The normalized spacial score (nSPS) is 16.2. The van der Waals surface area contributed by atoms with Crippen molar-refractivity contribution in [2.45, 2.75) is 18.9 Å². The van der Waals surface area contributed by atoms with Crippen molar-refractivity contribution in [3.63, 3.8) is 0 Å². The molecule has 1 aromatic rings. The minimum absolute atomic E-state index is 0.470. The smallest absolute Gasteiger partial charge is 0.120 e. The maximum atomic E-state index is 5.61. The Kier molecular flexibility index (Phi) is 2.42. The number of benzene rings is 1. The monoisotopic (exact) mass is 290 g/mol. The lowest BCUT2D eigenvalue weighted by molar-refractivity contribution is 0.303. The van der Waals surface area contributed by atoms with Gasteiger partial charge in [0, 0.05) is 8.95 Å². The quantitative estimate of drug-likeness (QED) is 0.806. The van der Waals surface area contributed by atoms with Crippen LogP contribution in [0.1, 0.15) is 12.8 Å². The molecule has 0 aromatic heterocycles. The van der Waals surface area contributed by atoms with Crippen molar-refractivity contribution in [1.29, 1.82) is 0 Å². The molecule has 0 saturated heterocycles. The average molecular weight is 292 g/mol. The second-order valence-electron chi connectivity index (χ2n) is 2.89. The summed E-state index contributed by atoms with van der Waals surface area (Å²) in [7, 11) is 0. The molecule has 1 fully saturated rings. The zero-order valence-corrected chi connectivity index (χ0v) is 9.56. The van der Waals surface area contributed by atoms with E-state index in [0.717, 1.165) is 14.7 Å². The predicted octanol–water partition coefficient (Wildman–Crippen LogP) is 3.75. The first-order valence-corrected chi connectivity index (χ1v) is 5.46. The number of ether oxygens (including phenoxy) is 1. The van der Waals surface area contributed by atoms with Gasteiger partial charge in [-0.3, -0.25) is 0 Å². The topological polar surface area (TPSA) is 9.23 Å². The van der Waals surface area contributed by atoms with E-state index < -0.39 is 0 Å². The Labute approximate surface area is 88.4 Å². The largest absolute Gasteiger partial charge is 0.490 e. The summed E-state index contributed by atoms with van der Waals surface area (Å²) in [5, 5.41) is 0. The third kappa shape index (κ3) is 2.02. The molecule has 0 amide bonds. The summed E-state index contributed by atoms with van der Waals surface area (Å²) in [6.45, 7) is 0.